The molecule has 0 saturated heterocycles. The topological polar surface area (TPSA) is 73.0 Å². The van der Waals surface area contributed by atoms with Crippen LogP contribution in [0.4, 0.5) is 0 Å². The lowest BCUT2D eigenvalue weighted by atomic mass is 10.1. The summed E-state index contributed by atoms with van der Waals surface area (Å²) in [6.45, 7) is 1.87. The van der Waals surface area contributed by atoms with E-state index in [1.165, 1.54) is 4.68 Å². The minimum atomic E-state index is -0.0263. The number of hydrogen-bond acceptors (Lipinski definition) is 5. The minimum absolute atomic E-state index is 0.0263. The van der Waals surface area contributed by atoms with Crippen LogP contribution in [0, 0.1) is 0 Å². The normalized spacial score (nSPS) is 13.7. The Balaban J connectivity index is 1.53. The van der Waals surface area contributed by atoms with Crippen molar-refractivity contribution in [1.82, 2.24) is 20.1 Å². The van der Waals surface area contributed by atoms with Crippen LogP contribution >= 0.6 is 0 Å². The molecule has 1 aromatic carbocycles. The summed E-state index contributed by atoms with van der Waals surface area (Å²) in [5, 5.41) is 7.51. The van der Waals surface area contributed by atoms with E-state index >= 15 is 0 Å². The zero-order chi connectivity index (χ0) is 16.4. The van der Waals surface area contributed by atoms with Crippen LogP contribution in [0.25, 0.3) is 0 Å². The number of nitrogens with zero attached hydrogens (tertiary/aromatic N) is 3. The third-order valence-electron chi connectivity index (χ3n) is 4.21. The second-order valence-corrected chi connectivity index (χ2v) is 5.93. The third-order valence-corrected chi connectivity index (χ3v) is 4.21. The summed E-state index contributed by atoms with van der Waals surface area (Å²) >= 11 is 0. The first-order chi connectivity index (χ1) is 11.8. The van der Waals surface area contributed by atoms with Crippen LogP contribution in [0.5, 0.6) is 0 Å². The van der Waals surface area contributed by atoms with Crippen LogP contribution in [0.2, 0.25) is 0 Å². The highest BCUT2D eigenvalue weighted by atomic mass is 16.3. The molecule has 6 nitrogen and oxygen atoms in total. The summed E-state index contributed by atoms with van der Waals surface area (Å²) in [5.74, 6) is 0.645. The van der Waals surface area contributed by atoms with Gasteiger partial charge in [-0.25, -0.2) is 9.67 Å². The molecule has 1 aliphatic rings. The fourth-order valence-electron chi connectivity index (χ4n) is 2.96. The van der Waals surface area contributed by atoms with Gasteiger partial charge in [0.2, 0.25) is 0 Å². The Morgan fingerprint density at radius 3 is 3.00 bits per heavy atom. The number of fused-ring (bicyclic) bond motifs is 1. The number of nitrogens with one attached hydrogen (secondary N) is 1. The molecule has 4 rings (SSSR count). The van der Waals surface area contributed by atoms with E-state index in [4.69, 9.17) is 4.42 Å². The quantitative estimate of drug-likeness (QED) is 0.788. The van der Waals surface area contributed by atoms with E-state index in [0.29, 0.717) is 31.1 Å². The highest BCUT2D eigenvalue weighted by Gasteiger charge is 2.15. The van der Waals surface area contributed by atoms with E-state index in [1.807, 2.05) is 30.3 Å². The lowest BCUT2D eigenvalue weighted by Gasteiger charge is -2.16. The van der Waals surface area contributed by atoms with Crippen molar-refractivity contribution in [1.29, 1.82) is 0 Å². The third kappa shape index (κ3) is 3.00. The van der Waals surface area contributed by atoms with E-state index in [9.17, 15) is 4.79 Å². The van der Waals surface area contributed by atoms with Crippen molar-refractivity contribution >= 4 is 0 Å². The van der Waals surface area contributed by atoms with E-state index in [-0.39, 0.29) is 5.56 Å². The summed E-state index contributed by atoms with van der Waals surface area (Å²) < 4.78 is 7.00. The van der Waals surface area contributed by atoms with Gasteiger partial charge in [-0.3, -0.25) is 4.79 Å². The molecule has 2 aromatic heterocycles. The Labute approximate surface area is 139 Å². The molecule has 122 valence electrons. The predicted octanol–water partition coefficient (Wildman–Crippen LogP) is 1.52. The van der Waals surface area contributed by atoms with E-state index in [1.54, 1.807) is 12.5 Å². The highest BCUT2D eigenvalue weighted by Crippen LogP contribution is 2.11. The van der Waals surface area contributed by atoms with Gasteiger partial charge in [0.25, 0.3) is 5.56 Å². The Hall–Kier alpha value is -2.73. The zero-order valence-electron chi connectivity index (χ0n) is 13.2. The van der Waals surface area contributed by atoms with Gasteiger partial charge in [-0.2, -0.15) is 5.10 Å². The number of oxazole rings is 1. The summed E-state index contributed by atoms with van der Waals surface area (Å²) in [4.78, 5) is 17.0. The van der Waals surface area contributed by atoms with Crippen LogP contribution < -0.4 is 10.9 Å². The summed E-state index contributed by atoms with van der Waals surface area (Å²) in [7, 11) is 0. The maximum atomic E-state index is 12.5. The molecular formula is C18H18N4O2. The lowest BCUT2D eigenvalue weighted by Crippen LogP contribution is -2.34. The Bertz CT molecular complexity index is 899. The molecular weight excluding hydrogens is 304 g/mol. The van der Waals surface area contributed by atoms with Gasteiger partial charge in [-0.05, 0) is 24.1 Å². The first-order valence-corrected chi connectivity index (χ1v) is 8.05. The van der Waals surface area contributed by atoms with Crippen molar-refractivity contribution in [2.75, 3.05) is 6.54 Å². The minimum Gasteiger partial charge on any atom is -0.448 e. The van der Waals surface area contributed by atoms with Crippen LogP contribution in [0.3, 0.4) is 0 Å². The number of aromatic nitrogens is 3. The average molecular weight is 322 g/mol. The zero-order valence-corrected chi connectivity index (χ0v) is 13.2. The second-order valence-electron chi connectivity index (χ2n) is 5.93. The molecule has 0 fully saturated rings. The van der Waals surface area contributed by atoms with Crippen molar-refractivity contribution in [3.05, 3.63) is 81.4 Å². The standard InChI is InChI=1S/C18H18N4O2/c23-18-16-6-7-19-9-14(16)10-20-22(18)11-15-12-24-17(21-15)8-13-4-2-1-3-5-13/h1-5,10,12,19H,6-9,11H2. The smallest absolute Gasteiger partial charge is 0.270 e. The Morgan fingerprint density at radius 1 is 1.25 bits per heavy atom. The fourth-order valence-corrected chi connectivity index (χ4v) is 2.96. The van der Waals surface area contributed by atoms with Gasteiger partial charge in [0.05, 0.1) is 12.7 Å². The van der Waals surface area contributed by atoms with Gasteiger partial charge >= 0.3 is 0 Å². The van der Waals surface area contributed by atoms with Gasteiger partial charge in [-0.15, -0.1) is 0 Å². The largest absolute Gasteiger partial charge is 0.448 e. The molecule has 0 radical (unpaired) electrons. The molecule has 0 unspecified atom stereocenters. The van der Waals surface area contributed by atoms with Gasteiger partial charge in [-0.1, -0.05) is 30.3 Å². The SMILES string of the molecule is O=c1c2c(cnn1Cc1coc(Cc3ccccc3)n1)CNCC2. The van der Waals surface area contributed by atoms with Gasteiger partial charge in [0.1, 0.15) is 12.0 Å². The van der Waals surface area contributed by atoms with Gasteiger partial charge < -0.3 is 9.73 Å². The summed E-state index contributed by atoms with van der Waals surface area (Å²) in [6, 6.07) is 10.0. The molecule has 1 N–H and O–H groups in total. The molecule has 0 bridgehead atoms. The Morgan fingerprint density at radius 2 is 2.12 bits per heavy atom. The van der Waals surface area contributed by atoms with E-state index in [0.717, 1.165) is 29.7 Å². The molecule has 0 spiro atoms. The molecule has 0 saturated carbocycles. The first kappa shape index (κ1) is 14.8. The Kier molecular flexibility index (Phi) is 3.96. The fraction of sp³-hybridized carbons (Fsp3) is 0.278. The van der Waals surface area contributed by atoms with Gasteiger partial charge in [0, 0.05) is 18.5 Å². The number of benzene rings is 1. The molecule has 3 aromatic rings. The summed E-state index contributed by atoms with van der Waals surface area (Å²) in [5.41, 5.74) is 3.68. The molecule has 3 heterocycles. The molecule has 6 heteroatoms. The van der Waals surface area contributed by atoms with E-state index < -0.39 is 0 Å². The molecule has 0 atom stereocenters. The molecule has 0 aliphatic carbocycles. The van der Waals surface area contributed by atoms with Crippen LogP contribution in [-0.2, 0) is 25.9 Å². The van der Waals surface area contributed by atoms with Crippen molar-refractivity contribution in [3.8, 4) is 0 Å². The maximum absolute atomic E-state index is 12.5. The van der Waals surface area contributed by atoms with E-state index in [2.05, 4.69) is 15.4 Å². The average Bonchev–Trinajstić information content (AvgIpc) is 3.05. The number of rotatable bonds is 4. The monoisotopic (exact) mass is 322 g/mol. The van der Waals surface area contributed by atoms with Crippen molar-refractivity contribution in [2.45, 2.75) is 25.9 Å². The molecule has 1 aliphatic heterocycles. The molecule has 24 heavy (non-hydrogen) atoms. The van der Waals surface area contributed by atoms with Crippen LogP contribution in [0.1, 0.15) is 28.3 Å². The van der Waals surface area contributed by atoms with Gasteiger partial charge in [0.15, 0.2) is 5.89 Å². The van der Waals surface area contributed by atoms with Crippen LogP contribution in [-0.4, -0.2) is 21.3 Å². The lowest BCUT2D eigenvalue weighted by molar-refractivity contribution is 0.505. The van der Waals surface area contributed by atoms with Crippen LogP contribution in [0.15, 0.2) is 52.0 Å². The summed E-state index contributed by atoms with van der Waals surface area (Å²) in [6.07, 6.45) is 4.76. The van der Waals surface area contributed by atoms with Crippen molar-refractivity contribution < 1.29 is 4.42 Å². The maximum Gasteiger partial charge on any atom is 0.270 e. The first-order valence-electron chi connectivity index (χ1n) is 8.05. The highest BCUT2D eigenvalue weighted by molar-refractivity contribution is 5.24. The van der Waals surface area contributed by atoms with Crippen molar-refractivity contribution in [2.24, 2.45) is 0 Å². The predicted molar refractivity (Wildman–Crippen MR) is 88.8 cm³/mol. The molecule has 0 amide bonds. The number of hydrogen-bond donors (Lipinski definition) is 1. The van der Waals surface area contributed by atoms with Crippen molar-refractivity contribution in [3.63, 3.8) is 0 Å². The second kappa shape index (κ2) is 6.41.